The van der Waals surface area contributed by atoms with Gasteiger partial charge in [0.05, 0.1) is 27.2 Å². The standard InChI is InChI=1S/C9H17NO2/c1-8(2)9(11)12-7-5-6-10(3)4/h1,5-7H2,2-4H3/p+1. The first kappa shape index (κ1) is 11.2. The topological polar surface area (TPSA) is 30.7 Å². The van der Waals surface area contributed by atoms with E-state index in [1.807, 2.05) is 0 Å². The van der Waals surface area contributed by atoms with Gasteiger partial charge in [0, 0.05) is 12.0 Å². The second-order valence-corrected chi connectivity index (χ2v) is 3.23. The average molecular weight is 172 g/mol. The summed E-state index contributed by atoms with van der Waals surface area (Å²) in [6, 6.07) is 0. The minimum Gasteiger partial charge on any atom is -0.462 e. The zero-order chi connectivity index (χ0) is 9.56. The number of carbonyl (C=O) groups is 1. The molecule has 0 unspecified atom stereocenters. The minimum absolute atomic E-state index is 0.288. The number of rotatable bonds is 5. The molecule has 3 heteroatoms. The number of carbonyl (C=O) groups excluding carboxylic acids is 1. The summed E-state index contributed by atoms with van der Waals surface area (Å²) in [6.07, 6.45) is 0.904. The fourth-order valence-corrected chi connectivity index (χ4v) is 0.714. The maximum Gasteiger partial charge on any atom is 0.333 e. The first-order valence-corrected chi connectivity index (χ1v) is 4.15. The van der Waals surface area contributed by atoms with Crippen LogP contribution in [0.25, 0.3) is 0 Å². The van der Waals surface area contributed by atoms with Crippen molar-refractivity contribution in [3.8, 4) is 0 Å². The summed E-state index contributed by atoms with van der Waals surface area (Å²) in [6.45, 7) is 6.66. The van der Waals surface area contributed by atoms with Crippen molar-refractivity contribution in [1.29, 1.82) is 0 Å². The molecule has 0 fully saturated rings. The lowest BCUT2D eigenvalue weighted by Crippen LogP contribution is -3.05. The van der Waals surface area contributed by atoms with E-state index in [4.69, 9.17) is 4.74 Å². The molecule has 0 aromatic rings. The molecule has 0 aliphatic heterocycles. The quantitative estimate of drug-likeness (QED) is 0.349. The van der Waals surface area contributed by atoms with Crippen molar-refractivity contribution in [1.82, 2.24) is 0 Å². The summed E-state index contributed by atoms with van der Waals surface area (Å²) in [5.74, 6) is -0.288. The van der Waals surface area contributed by atoms with Crippen molar-refractivity contribution in [3.05, 3.63) is 12.2 Å². The van der Waals surface area contributed by atoms with Crippen molar-refractivity contribution in [2.45, 2.75) is 13.3 Å². The number of nitrogens with one attached hydrogen (secondary N) is 1. The summed E-state index contributed by atoms with van der Waals surface area (Å²) in [5, 5.41) is 0. The summed E-state index contributed by atoms with van der Waals surface area (Å²) < 4.78 is 4.90. The molecule has 0 atom stereocenters. The molecule has 0 saturated carbocycles. The van der Waals surface area contributed by atoms with E-state index in [-0.39, 0.29) is 5.97 Å². The first-order chi connectivity index (χ1) is 5.54. The van der Waals surface area contributed by atoms with E-state index in [1.165, 1.54) is 4.90 Å². The molecule has 0 rings (SSSR count). The van der Waals surface area contributed by atoms with E-state index >= 15 is 0 Å². The molecule has 0 bridgehead atoms. The zero-order valence-corrected chi connectivity index (χ0v) is 8.14. The van der Waals surface area contributed by atoms with Gasteiger partial charge in [0.25, 0.3) is 0 Å². The lowest BCUT2D eigenvalue weighted by Gasteiger charge is -2.07. The highest BCUT2D eigenvalue weighted by Gasteiger charge is 2.02. The molecule has 70 valence electrons. The van der Waals surface area contributed by atoms with E-state index < -0.39 is 0 Å². The predicted octanol–water partition coefficient (Wildman–Crippen LogP) is -0.360. The Balaban J connectivity index is 3.32. The molecule has 12 heavy (non-hydrogen) atoms. The highest BCUT2D eigenvalue weighted by atomic mass is 16.5. The van der Waals surface area contributed by atoms with Gasteiger partial charge >= 0.3 is 5.97 Å². The van der Waals surface area contributed by atoms with Gasteiger partial charge in [-0.15, -0.1) is 0 Å². The van der Waals surface area contributed by atoms with Crippen LogP contribution >= 0.6 is 0 Å². The average Bonchev–Trinajstić information content (AvgIpc) is 1.97. The van der Waals surface area contributed by atoms with E-state index in [2.05, 4.69) is 20.7 Å². The molecule has 0 spiro atoms. The molecule has 0 radical (unpaired) electrons. The SMILES string of the molecule is C=C(C)C(=O)OCCC[NH+](C)C. The molecule has 1 N–H and O–H groups in total. The van der Waals surface area contributed by atoms with E-state index in [0.29, 0.717) is 12.2 Å². The van der Waals surface area contributed by atoms with Gasteiger partial charge in [-0.25, -0.2) is 4.79 Å². The number of ether oxygens (including phenoxy) is 1. The molecule has 0 aliphatic rings. The van der Waals surface area contributed by atoms with Gasteiger partial charge in [0.1, 0.15) is 0 Å². The number of quaternary nitrogens is 1. The van der Waals surface area contributed by atoms with Crippen molar-refractivity contribution >= 4 is 5.97 Å². The van der Waals surface area contributed by atoms with Crippen molar-refractivity contribution < 1.29 is 14.4 Å². The lowest BCUT2D eigenvalue weighted by molar-refractivity contribution is -0.858. The van der Waals surface area contributed by atoms with Gasteiger partial charge < -0.3 is 9.64 Å². The smallest absolute Gasteiger partial charge is 0.333 e. The molecule has 0 aromatic heterocycles. The third kappa shape index (κ3) is 5.92. The highest BCUT2D eigenvalue weighted by Crippen LogP contribution is 1.91. The highest BCUT2D eigenvalue weighted by molar-refractivity contribution is 5.86. The summed E-state index contributed by atoms with van der Waals surface area (Å²) in [4.78, 5) is 12.2. The van der Waals surface area contributed by atoms with Crippen LogP contribution in [0.3, 0.4) is 0 Å². The number of hydrogen-bond donors (Lipinski definition) is 1. The monoisotopic (exact) mass is 172 g/mol. The zero-order valence-electron chi connectivity index (χ0n) is 8.14. The molecule has 0 saturated heterocycles. The first-order valence-electron chi connectivity index (χ1n) is 4.15. The molecule has 0 amide bonds. The molecule has 3 nitrogen and oxygen atoms in total. The van der Waals surface area contributed by atoms with Gasteiger partial charge in [-0.3, -0.25) is 0 Å². The predicted molar refractivity (Wildman–Crippen MR) is 48.1 cm³/mol. The Hall–Kier alpha value is -0.830. The van der Waals surface area contributed by atoms with Crippen LogP contribution in [0.1, 0.15) is 13.3 Å². The Morgan fingerprint density at radius 3 is 2.50 bits per heavy atom. The maximum absolute atomic E-state index is 10.9. The summed E-state index contributed by atoms with van der Waals surface area (Å²) in [5.41, 5.74) is 0.465. The van der Waals surface area contributed by atoms with Crippen LogP contribution in [0.4, 0.5) is 0 Å². The Morgan fingerprint density at radius 1 is 1.50 bits per heavy atom. The van der Waals surface area contributed by atoms with Crippen LogP contribution in [-0.4, -0.2) is 33.2 Å². The second kappa shape index (κ2) is 5.77. The van der Waals surface area contributed by atoms with Gasteiger partial charge in [-0.05, 0) is 6.92 Å². The van der Waals surface area contributed by atoms with E-state index in [1.54, 1.807) is 6.92 Å². The van der Waals surface area contributed by atoms with Crippen LogP contribution in [-0.2, 0) is 9.53 Å². The second-order valence-electron chi connectivity index (χ2n) is 3.23. The fourth-order valence-electron chi connectivity index (χ4n) is 0.714. The largest absolute Gasteiger partial charge is 0.462 e. The Morgan fingerprint density at radius 2 is 2.08 bits per heavy atom. The van der Waals surface area contributed by atoms with Gasteiger partial charge in [-0.2, -0.15) is 0 Å². The molecular weight excluding hydrogens is 154 g/mol. The van der Waals surface area contributed by atoms with Crippen molar-refractivity contribution in [3.63, 3.8) is 0 Å². The molecule has 0 aromatic carbocycles. The van der Waals surface area contributed by atoms with Crippen LogP contribution in [0.15, 0.2) is 12.2 Å². The van der Waals surface area contributed by atoms with E-state index in [0.717, 1.165) is 13.0 Å². The number of esters is 1. The van der Waals surface area contributed by atoms with Crippen LogP contribution in [0.5, 0.6) is 0 Å². The van der Waals surface area contributed by atoms with Crippen LogP contribution in [0, 0.1) is 0 Å². The Bertz CT molecular complexity index is 164. The van der Waals surface area contributed by atoms with Gasteiger partial charge in [-0.1, -0.05) is 6.58 Å². The normalized spacial score (nSPS) is 10.0. The summed E-state index contributed by atoms with van der Waals surface area (Å²) >= 11 is 0. The number of hydrogen-bond acceptors (Lipinski definition) is 2. The third-order valence-electron chi connectivity index (χ3n) is 1.40. The van der Waals surface area contributed by atoms with E-state index in [9.17, 15) is 4.79 Å². The molecule has 0 aliphatic carbocycles. The van der Waals surface area contributed by atoms with Gasteiger partial charge in [0.2, 0.25) is 0 Å². The van der Waals surface area contributed by atoms with Crippen molar-refractivity contribution in [2.75, 3.05) is 27.2 Å². The fraction of sp³-hybridized carbons (Fsp3) is 0.667. The van der Waals surface area contributed by atoms with Gasteiger partial charge in [0.15, 0.2) is 0 Å². The van der Waals surface area contributed by atoms with Crippen LogP contribution in [0.2, 0.25) is 0 Å². The Labute approximate surface area is 74.0 Å². The molecular formula is C9H18NO2+. The Kier molecular flexibility index (Phi) is 5.37. The van der Waals surface area contributed by atoms with Crippen molar-refractivity contribution in [2.24, 2.45) is 0 Å². The molecule has 0 heterocycles. The minimum atomic E-state index is -0.288. The third-order valence-corrected chi connectivity index (χ3v) is 1.40. The summed E-state index contributed by atoms with van der Waals surface area (Å²) in [7, 11) is 4.14. The lowest BCUT2D eigenvalue weighted by atomic mass is 10.3. The maximum atomic E-state index is 10.9. The van der Waals surface area contributed by atoms with Crippen LogP contribution < -0.4 is 4.90 Å².